The number of hydrogen-bond donors (Lipinski definition) is 2. The van der Waals surface area contributed by atoms with Crippen LogP contribution in [0.25, 0.3) is 11.3 Å². The molecule has 1 heterocycles. The fourth-order valence-electron chi connectivity index (χ4n) is 2.58. The van der Waals surface area contributed by atoms with Crippen molar-refractivity contribution in [2.75, 3.05) is 5.32 Å². The summed E-state index contributed by atoms with van der Waals surface area (Å²) >= 11 is 17.4. The number of thiocarbonyl (C=S) groups is 1. The number of anilines is 1. The van der Waals surface area contributed by atoms with E-state index in [0.717, 1.165) is 5.69 Å². The zero-order valence-electron chi connectivity index (χ0n) is 15.3. The summed E-state index contributed by atoms with van der Waals surface area (Å²) in [5, 5.41) is 6.55. The molecule has 2 aromatic carbocycles. The van der Waals surface area contributed by atoms with Gasteiger partial charge in [-0.15, -0.1) is 0 Å². The summed E-state index contributed by atoms with van der Waals surface area (Å²) in [5.41, 5.74) is 2.63. The predicted octanol–water partition coefficient (Wildman–Crippen LogP) is 6.50. The lowest BCUT2D eigenvalue weighted by Crippen LogP contribution is -2.33. The monoisotopic (exact) mass is 432 g/mol. The fraction of sp³-hybridized carbons (Fsp3) is 0.143. The maximum Gasteiger partial charge on any atom is 0.293 e. The molecule has 0 spiro atoms. The maximum atomic E-state index is 12.4. The number of nitrogens with one attached hydrogen (secondary N) is 2. The first kappa shape index (κ1) is 20.4. The van der Waals surface area contributed by atoms with Crippen LogP contribution in [0.5, 0.6) is 0 Å². The molecule has 0 aliphatic rings. The Morgan fingerprint density at radius 3 is 2.43 bits per heavy atom. The average Bonchev–Trinajstić information content (AvgIpc) is 3.14. The standard InChI is InChI=1S/C21H18Cl2N2O2S/c1-12(2)13-6-8-14(9-7-13)24-21(28)25-20(26)18-11-10-17(27-18)15-4-3-5-16(22)19(15)23/h3-12H,1-2H3,(H2,24,25,26,28). The quantitative estimate of drug-likeness (QED) is 0.461. The summed E-state index contributed by atoms with van der Waals surface area (Å²) < 4.78 is 5.62. The number of carbonyl (C=O) groups excluding carboxylic acids is 1. The van der Waals surface area contributed by atoms with Crippen LogP contribution in [0, 0.1) is 0 Å². The topological polar surface area (TPSA) is 54.3 Å². The summed E-state index contributed by atoms with van der Waals surface area (Å²) in [5.74, 6) is 0.550. The van der Waals surface area contributed by atoms with Gasteiger partial charge in [0.2, 0.25) is 0 Å². The average molecular weight is 433 g/mol. The molecule has 144 valence electrons. The van der Waals surface area contributed by atoms with Gasteiger partial charge in [-0.1, -0.05) is 55.2 Å². The molecule has 28 heavy (non-hydrogen) atoms. The van der Waals surface area contributed by atoms with Crippen LogP contribution in [0.3, 0.4) is 0 Å². The first-order valence-electron chi connectivity index (χ1n) is 8.61. The molecule has 0 aliphatic carbocycles. The van der Waals surface area contributed by atoms with E-state index in [4.69, 9.17) is 39.8 Å². The second-order valence-corrected chi connectivity index (χ2v) is 7.64. The summed E-state index contributed by atoms with van der Waals surface area (Å²) in [7, 11) is 0. The molecule has 0 atom stereocenters. The van der Waals surface area contributed by atoms with Crippen molar-refractivity contribution in [3.8, 4) is 11.3 Å². The van der Waals surface area contributed by atoms with Crippen molar-refractivity contribution >= 4 is 52.1 Å². The molecule has 1 amide bonds. The Hall–Kier alpha value is -2.34. The third kappa shape index (κ3) is 4.73. The molecule has 0 unspecified atom stereocenters. The lowest BCUT2D eigenvalue weighted by atomic mass is 10.0. The highest BCUT2D eigenvalue weighted by atomic mass is 35.5. The molecule has 0 aliphatic heterocycles. The van der Waals surface area contributed by atoms with Crippen molar-refractivity contribution < 1.29 is 9.21 Å². The first-order valence-corrected chi connectivity index (χ1v) is 9.78. The number of carbonyl (C=O) groups is 1. The van der Waals surface area contributed by atoms with E-state index < -0.39 is 5.91 Å². The van der Waals surface area contributed by atoms with Gasteiger partial charge in [0.1, 0.15) is 5.76 Å². The molecule has 0 radical (unpaired) electrons. The van der Waals surface area contributed by atoms with E-state index in [1.54, 1.807) is 30.3 Å². The number of furan rings is 1. The van der Waals surface area contributed by atoms with E-state index in [1.165, 1.54) is 5.56 Å². The van der Waals surface area contributed by atoms with Crippen molar-refractivity contribution in [2.45, 2.75) is 19.8 Å². The minimum Gasteiger partial charge on any atom is -0.451 e. The minimum absolute atomic E-state index is 0.116. The Morgan fingerprint density at radius 1 is 1.04 bits per heavy atom. The number of rotatable bonds is 4. The summed E-state index contributed by atoms with van der Waals surface area (Å²) in [6.45, 7) is 4.25. The molecular weight excluding hydrogens is 415 g/mol. The number of benzene rings is 2. The number of amides is 1. The molecule has 7 heteroatoms. The van der Waals surface area contributed by atoms with Gasteiger partial charge in [0.25, 0.3) is 5.91 Å². The molecule has 0 saturated heterocycles. The van der Waals surface area contributed by atoms with E-state index in [9.17, 15) is 4.79 Å². The molecule has 0 fully saturated rings. The van der Waals surface area contributed by atoms with E-state index in [-0.39, 0.29) is 10.9 Å². The Balaban J connectivity index is 1.65. The highest BCUT2D eigenvalue weighted by molar-refractivity contribution is 7.80. The van der Waals surface area contributed by atoms with Crippen LogP contribution < -0.4 is 10.6 Å². The van der Waals surface area contributed by atoms with E-state index in [2.05, 4.69) is 24.5 Å². The molecule has 4 nitrogen and oxygen atoms in total. The second kappa shape index (κ2) is 8.78. The van der Waals surface area contributed by atoms with Crippen LogP contribution in [0.2, 0.25) is 10.0 Å². The van der Waals surface area contributed by atoms with Gasteiger partial charge in [0.15, 0.2) is 10.9 Å². The summed E-state index contributed by atoms with van der Waals surface area (Å²) in [6.07, 6.45) is 0. The van der Waals surface area contributed by atoms with Crippen molar-refractivity contribution in [1.29, 1.82) is 0 Å². The lowest BCUT2D eigenvalue weighted by molar-refractivity contribution is 0.0951. The van der Waals surface area contributed by atoms with Gasteiger partial charge in [-0.2, -0.15) is 0 Å². The van der Waals surface area contributed by atoms with Gasteiger partial charge in [0.05, 0.1) is 10.0 Å². The third-order valence-electron chi connectivity index (χ3n) is 4.11. The second-order valence-electron chi connectivity index (χ2n) is 6.45. The molecule has 2 N–H and O–H groups in total. The van der Waals surface area contributed by atoms with Crippen LogP contribution in [0.4, 0.5) is 5.69 Å². The third-order valence-corrected chi connectivity index (χ3v) is 5.13. The van der Waals surface area contributed by atoms with Gasteiger partial charge in [-0.25, -0.2) is 0 Å². The normalized spacial score (nSPS) is 10.8. The highest BCUT2D eigenvalue weighted by Gasteiger charge is 2.16. The molecule has 0 bridgehead atoms. The maximum absolute atomic E-state index is 12.4. The molecule has 3 rings (SSSR count). The Labute approximate surface area is 178 Å². The number of hydrogen-bond acceptors (Lipinski definition) is 3. The SMILES string of the molecule is CC(C)c1ccc(NC(=S)NC(=O)c2ccc(-c3cccc(Cl)c3Cl)o2)cc1. The molecule has 0 saturated carbocycles. The molecular formula is C21H18Cl2N2O2S. The van der Waals surface area contributed by atoms with E-state index >= 15 is 0 Å². The largest absolute Gasteiger partial charge is 0.451 e. The summed E-state index contributed by atoms with van der Waals surface area (Å²) in [4.78, 5) is 12.4. The fourth-order valence-corrected chi connectivity index (χ4v) is 3.18. The van der Waals surface area contributed by atoms with Crippen LogP contribution in [0.1, 0.15) is 35.9 Å². The Bertz CT molecular complexity index is 1010. The first-order chi connectivity index (χ1) is 13.3. The van der Waals surface area contributed by atoms with Crippen molar-refractivity contribution in [2.24, 2.45) is 0 Å². The van der Waals surface area contributed by atoms with Gasteiger partial charge in [-0.05, 0) is 60.1 Å². The lowest BCUT2D eigenvalue weighted by Gasteiger charge is -2.10. The zero-order valence-corrected chi connectivity index (χ0v) is 17.6. The number of halogens is 2. The van der Waals surface area contributed by atoms with Crippen LogP contribution in [0.15, 0.2) is 59.0 Å². The van der Waals surface area contributed by atoms with Gasteiger partial charge < -0.3 is 9.73 Å². The smallest absolute Gasteiger partial charge is 0.293 e. The van der Waals surface area contributed by atoms with Gasteiger partial charge >= 0.3 is 0 Å². The molecule has 1 aromatic heterocycles. The van der Waals surface area contributed by atoms with Crippen LogP contribution in [-0.4, -0.2) is 11.0 Å². The van der Waals surface area contributed by atoms with Gasteiger partial charge in [-0.3, -0.25) is 10.1 Å². The van der Waals surface area contributed by atoms with E-state index in [0.29, 0.717) is 27.3 Å². The Kier molecular flexibility index (Phi) is 6.39. The summed E-state index contributed by atoms with van der Waals surface area (Å²) in [6, 6.07) is 16.3. The Morgan fingerprint density at radius 2 is 1.75 bits per heavy atom. The highest BCUT2D eigenvalue weighted by Crippen LogP contribution is 2.34. The van der Waals surface area contributed by atoms with Crippen molar-refractivity contribution in [3.63, 3.8) is 0 Å². The van der Waals surface area contributed by atoms with Gasteiger partial charge in [0, 0.05) is 11.3 Å². The molecule has 3 aromatic rings. The van der Waals surface area contributed by atoms with Crippen LogP contribution in [-0.2, 0) is 0 Å². The minimum atomic E-state index is -0.458. The zero-order chi connectivity index (χ0) is 20.3. The van der Waals surface area contributed by atoms with Crippen molar-refractivity contribution in [3.05, 3.63) is 76.0 Å². The van der Waals surface area contributed by atoms with Crippen LogP contribution >= 0.6 is 35.4 Å². The predicted molar refractivity (Wildman–Crippen MR) is 118 cm³/mol. The van der Waals surface area contributed by atoms with Crippen molar-refractivity contribution in [1.82, 2.24) is 5.32 Å². The van der Waals surface area contributed by atoms with E-state index in [1.807, 2.05) is 24.3 Å².